The number of halogens is 1. The maximum absolute atomic E-state index is 8.85. The minimum absolute atomic E-state index is 0.0496. The second-order valence-corrected chi connectivity index (χ2v) is 3.21. The summed E-state index contributed by atoms with van der Waals surface area (Å²) in [6.07, 6.45) is -0.286. The van der Waals surface area contributed by atoms with Crippen molar-refractivity contribution < 1.29 is 14.6 Å². The average molecular weight is 201 g/mol. The molecular formula is C9H9ClO3. The van der Waals surface area contributed by atoms with E-state index in [1.54, 1.807) is 18.2 Å². The molecule has 0 aliphatic carbocycles. The van der Waals surface area contributed by atoms with Crippen LogP contribution in [0.3, 0.4) is 0 Å². The molecule has 1 aliphatic rings. The molecule has 0 amide bonds. The fourth-order valence-electron chi connectivity index (χ4n) is 1.20. The first-order chi connectivity index (χ1) is 6.31. The molecule has 13 heavy (non-hydrogen) atoms. The third kappa shape index (κ3) is 1.57. The van der Waals surface area contributed by atoms with Gasteiger partial charge in [0.1, 0.15) is 6.61 Å². The van der Waals surface area contributed by atoms with E-state index in [1.165, 1.54) is 0 Å². The summed E-state index contributed by atoms with van der Waals surface area (Å²) in [4.78, 5) is 0. The van der Waals surface area contributed by atoms with Gasteiger partial charge in [-0.25, -0.2) is 0 Å². The van der Waals surface area contributed by atoms with Crippen LogP contribution in [-0.4, -0.2) is 24.4 Å². The molecule has 4 heteroatoms. The van der Waals surface area contributed by atoms with Gasteiger partial charge < -0.3 is 14.6 Å². The van der Waals surface area contributed by atoms with Gasteiger partial charge in [0.05, 0.1) is 11.6 Å². The van der Waals surface area contributed by atoms with Crippen LogP contribution >= 0.6 is 11.6 Å². The monoisotopic (exact) mass is 200 g/mol. The van der Waals surface area contributed by atoms with E-state index in [9.17, 15) is 0 Å². The maximum atomic E-state index is 8.85. The van der Waals surface area contributed by atoms with Crippen molar-refractivity contribution in [3.63, 3.8) is 0 Å². The molecular weight excluding hydrogens is 192 g/mol. The lowest BCUT2D eigenvalue weighted by molar-refractivity contribution is 0.0457. The van der Waals surface area contributed by atoms with E-state index in [4.69, 9.17) is 26.2 Å². The lowest BCUT2D eigenvalue weighted by atomic mass is 10.2. The first-order valence-electron chi connectivity index (χ1n) is 4.00. The molecule has 0 fully saturated rings. The van der Waals surface area contributed by atoms with Crippen LogP contribution in [0.5, 0.6) is 11.5 Å². The van der Waals surface area contributed by atoms with Gasteiger partial charge in [-0.15, -0.1) is 0 Å². The SMILES string of the molecule is OC[C@H]1COc2c(Cl)cccc2O1. The Hall–Kier alpha value is -0.930. The lowest BCUT2D eigenvalue weighted by Crippen LogP contribution is -2.32. The fraction of sp³-hybridized carbons (Fsp3) is 0.333. The molecule has 0 spiro atoms. The summed E-state index contributed by atoms with van der Waals surface area (Å²) in [5.41, 5.74) is 0. The highest BCUT2D eigenvalue weighted by Crippen LogP contribution is 2.37. The zero-order valence-electron chi connectivity index (χ0n) is 6.87. The molecule has 1 aromatic carbocycles. The Labute approximate surface area is 80.8 Å². The number of aliphatic hydroxyl groups excluding tert-OH is 1. The Morgan fingerprint density at radius 2 is 2.38 bits per heavy atom. The van der Waals surface area contributed by atoms with E-state index in [0.29, 0.717) is 23.1 Å². The van der Waals surface area contributed by atoms with Crippen LogP contribution in [0.1, 0.15) is 0 Å². The van der Waals surface area contributed by atoms with E-state index in [0.717, 1.165) is 0 Å². The molecule has 1 atom stereocenters. The second-order valence-electron chi connectivity index (χ2n) is 2.80. The van der Waals surface area contributed by atoms with Gasteiger partial charge in [0.25, 0.3) is 0 Å². The number of aliphatic hydroxyl groups is 1. The molecule has 0 aromatic heterocycles. The second kappa shape index (κ2) is 3.44. The molecule has 0 radical (unpaired) electrons. The summed E-state index contributed by atoms with van der Waals surface area (Å²) in [5.74, 6) is 1.16. The van der Waals surface area contributed by atoms with Gasteiger partial charge in [0.15, 0.2) is 17.6 Å². The Kier molecular flexibility index (Phi) is 2.29. The van der Waals surface area contributed by atoms with Gasteiger partial charge in [-0.3, -0.25) is 0 Å². The van der Waals surface area contributed by atoms with Crippen molar-refractivity contribution in [2.24, 2.45) is 0 Å². The van der Waals surface area contributed by atoms with Crippen LogP contribution in [0, 0.1) is 0 Å². The van der Waals surface area contributed by atoms with Crippen LogP contribution in [0.15, 0.2) is 18.2 Å². The Morgan fingerprint density at radius 1 is 1.54 bits per heavy atom. The van der Waals surface area contributed by atoms with Gasteiger partial charge >= 0.3 is 0 Å². The van der Waals surface area contributed by atoms with Crippen molar-refractivity contribution >= 4 is 11.6 Å². The first kappa shape index (κ1) is 8.66. The minimum atomic E-state index is -0.286. The van der Waals surface area contributed by atoms with Gasteiger partial charge in [-0.1, -0.05) is 17.7 Å². The molecule has 1 N–H and O–H groups in total. The maximum Gasteiger partial charge on any atom is 0.179 e. The summed E-state index contributed by atoms with van der Waals surface area (Å²) in [7, 11) is 0. The average Bonchev–Trinajstić information content (AvgIpc) is 2.18. The quantitative estimate of drug-likeness (QED) is 0.746. The van der Waals surface area contributed by atoms with Crippen molar-refractivity contribution in [1.82, 2.24) is 0 Å². The Balaban J connectivity index is 2.31. The molecule has 70 valence electrons. The molecule has 0 saturated carbocycles. The van der Waals surface area contributed by atoms with Crippen molar-refractivity contribution in [2.75, 3.05) is 13.2 Å². The molecule has 1 aliphatic heterocycles. The van der Waals surface area contributed by atoms with E-state index in [1.807, 2.05) is 0 Å². The lowest BCUT2D eigenvalue weighted by Gasteiger charge is -2.25. The van der Waals surface area contributed by atoms with Crippen molar-refractivity contribution in [1.29, 1.82) is 0 Å². The van der Waals surface area contributed by atoms with Gasteiger partial charge in [-0.05, 0) is 12.1 Å². The number of hydrogen-bond donors (Lipinski definition) is 1. The Morgan fingerprint density at radius 3 is 3.15 bits per heavy atom. The minimum Gasteiger partial charge on any atom is -0.484 e. The highest BCUT2D eigenvalue weighted by Gasteiger charge is 2.21. The number of benzene rings is 1. The normalized spacial score (nSPS) is 20.0. The van der Waals surface area contributed by atoms with E-state index < -0.39 is 0 Å². The smallest absolute Gasteiger partial charge is 0.179 e. The molecule has 1 heterocycles. The summed E-state index contributed by atoms with van der Waals surface area (Å²) in [5, 5.41) is 9.38. The van der Waals surface area contributed by atoms with Crippen LogP contribution in [0.25, 0.3) is 0 Å². The molecule has 0 unspecified atom stereocenters. The first-order valence-corrected chi connectivity index (χ1v) is 4.38. The number of para-hydroxylation sites is 1. The van der Waals surface area contributed by atoms with Gasteiger partial charge in [0, 0.05) is 0 Å². The van der Waals surface area contributed by atoms with E-state index in [2.05, 4.69) is 0 Å². The molecule has 0 bridgehead atoms. The number of ether oxygens (including phenoxy) is 2. The highest BCUT2D eigenvalue weighted by atomic mass is 35.5. The summed E-state index contributed by atoms with van der Waals surface area (Å²) in [6.45, 7) is 0.291. The van der Waals surface area contributed by atoms with Crippen molar-refractivity contribution in [3.05, 3.63) is 23.2 Å². The third-order valence-corrected chi connectivity index (χ3v) is 2.14. The van der Waals surface area contributed by atoms with E-state index in [-0.39, 0.29) is 12.7 Å². The summed E-state index contributed by atoms with van der Waals surface area (Å²) >= 11 is 5.87. The number of fused-ring (bicyclic) bond motifs is 1. The van der Waals surface area contributed by atoms with Gasteiger partial charge in [-0.2, -0.15) is 0 Å². The summed E-state index contributed by atoms with van der Waals surface area (Å²) in [6, 6.07) is 5.29. The van der Waals surface area contributed by atoms with Crippen molar-refractivity contribution in [3.8, 4) is 11.5 Å². The standard InChI is InChI=1S/C9H9ClO3/c10-7-2-1-3-8-9(7)12-5-6(4-11)13-8/h1-3,6,11H,4-5H2/t6-/m0/s1. The number of rotatable bonds is 1. The third-order valence-electron chi connectivity index (χ3n) is 1.84. The largest absolute Gasteiger partial charge is 0.484 e. The number of hydrogen-bond acceptors (Lipinski definition) is 3. The predicted octanol–water partition coefficient (Wildman–Crippen LogP) is 1.47. The predicted molar refractivity (Wildman–Crippen MR) is 48.4 cm³/mol. The zero-order chi connectivity index (χ0) is 9.26. The van der Waals surface area contributed by atoms with Crippen molar-refractivity contribution in [2.45, 2.75) is 6.10 Å². The topological polar surface area (TPSA) is 38.7 Å². The molecule has 0 saturated heterocycles. The van der Waals surface area contributed by atoms with Crippen LogP contribution < -0.4 is 9.47 Å². The Bertz CT molecular complexity index is 314. The molecule has 3 nitrogen and oxygen atoms in total. The van der Waals surface area contributed by atoms with Crippen LogP contribution in [0.4, 0.5) is 0 Å². The fourth-order valence-corrected chi connectivity index (χ4v) is 1.42. The van der Waals surface area contributed by atoms with Crippen LogP contribution in [0.2, 0.25) is 5.02 Å². The van der Waals surface area contributed by atoms with E-state index >= 15 is 0 Å². The molecule has 2 rings (SSSR count). The van der Waals surface area contributed by atoms with Crippen LogP contribution in [-0.2, 0) is 0 Å². The zero-order valence-corrected chi connectivity index (χ0v) is 7.62. The molecule has 1 aromatic rings. The highest BCUT2D eigenvalue weighted by molar-refractivity contribution is 6.32. The summed E-state index contributed by atoms with van der Waals surface area (Å²) < 4.78 is 10.7. The van der Waals surface area contributed by atoms with Gasteiger partial charge in [0.2, 0.25) is 0 Å².